The number of ether oxygens (including phenoxy) is 3. The first-order chi connectivity index (χ1) is 21.1. The van der Waals surface area contributed by atoms with Gasteiger partial charge in [-0.25, -0.2) is 9.69 Å². The van der Waals surface area contributed by atoms with Crippen LogP contribution in [0, 0.1) is 12.8 Å². The predicted octanol–water partition coefficient (Wildman–Crippen LogP) is 7.67. The third-order valence-electron chi connectivity index (χ3n) is 8.38. The SMILES string of the molecule is CCCCCCCCCCCCCCCCOC[C@@H]1CO[C@@H](COC(=O)N(CCc2c(C)cccc2S(=O)(=O)O)C(C)=O)C1. The van der Waals surface area contributed by atoms with Gasteiger partial charge in [0, 0.05) is 26.0 Å². The number of unbranched alkanes of at least 4 members (excludes halogenated alkanes) is 13. The van der Waals surface area contributed by atoms with Gasteiger partial charge >= 0.3 is 6.09 Å². The fourth-order valence-electron chi connectivity index (χ4n) is 5.74. The fourth-order valence-corrected chi connectivity index (χ4v) is 6.57. The highest BCUT2D eigenvalue weighted by Crippen LogP contribution is 2.22. The van der Waals surface area contributed by atoms with Gasteiger partial charge in [0.15, 0.2) is 0 Å². The van der Waals surface area contributed by atoms with E-state index in [9.17, 15) is 22.6 Å². The Kier molecular flexibility index (Phi) is 18.8. The molecule has 1 aromatic rings. The van der Waals surface area contributed by atoms with E-state index < -0.39 is 22.1 Å². The van der Waals surface area contributed by atoms with Crippen molar-refractivity contribution in [1.29, 1.82) is 0 Å². The summed E-state index contributed by atoms with van der Waals surface area (Å²) in [5.74, 6) is -0.270. The van der Waals surface area contributed by atoms with Crippen molar-refractivity contribution in [2.45, 2.75) is 135 Å². The first-order valence-corrected chi connectivity index (χ1v) is 18.3. The molecule has 0 saturated carbocycles. The molecule has 0 radical (unpaired) electrons. The Morgan fingerprint density at radius 1 is 0.932 bits per heavy atom. The van der Waals surface area contributed by atoms with Crippen LogP contribution in [0.3, 0.4) is 0 Å². The molecule has 2 atom stereocenters. The van der Waals surface area contributed by atoms with Crippen LogP contribution in [0.15, 0.2) is 23.1 Å². The predicted molar refractivity (Wildman–Crippen MR) is 172 cm³/mol. The number of hydrogen-bond acceptors (Lipinski definition) is 7. The molecule has 0 spiro atoms. The van der Waals surface area contributed by atoms with Crippen LogP contribution >= 0.6 is 0 Å². The van der Waals surface area contributed by atoms with Crippen molar-refractivity contribution in [2.75, 3.05) is 33.0 Å². The average Bonchev–Trinajstić information content (AvgIpc) is 3.43. The molecule has 1 heterocycles. The van der Waals surface area contributed by atoms with Crippen LogP contribution in [-0.4, -0.2) is 68.9 Å². The molecule has 1 fully saturated rings. The lowest BCUT2D eigenvalue weighted by Gasteiger charge is -2.21. The van der Waals surface area contributed by atoms with Crippen LogP contribution in [-0.2, 0) is 35.5 Å². The summed E-state index contributed by atoms with van der Waals surface area (Å²) >= 11 is 0. The highest BCUT2D eigenvalue weighted by atomic mass is 32.2. The van der Waals surface area contributed by atoms with Crippen molar-refractivity contribution in [1.82, 2.24) is 4.90 Å². The Balaban J connectivity index is 1.54. The average molecular weight is 640 g/mol. The lowest BCUT2D eigenvalue weighted by atomic mass is 10.0. The van der Waals surface area contributed by atoms with E-state index in [4.69, 9.17) is 14.2 Å². The van der Waals surface area contributed by atoms with Gasteiger partial charge in [-0.2, -0.15) is 8.42 Å². The lowest BCUT2D eigenvalue weighted by Crippen LogP contribution is -2.38. The molecule has 1 saturated heterocycles. The number of aryl methyl sites for hydroxylation is 1. The van der Waals surface area contributed by atoms with E-state index in [1.54, 1.807) is 13.0 Å². The molecule has 252 valence electrons. The van der Waals surface area contributed by atoms with Crippen molar-refractivity contribution in [2.24, 2.45) is 5.92 Å². The maximum absolute atomic E-state index is 12.7. The van der Waals surface area contributed by atoms with E-state index in [0.29, 0.717) is 30.8 Å². The smallest absolute Gasteiger partial charge is 0.416 e. The second-order valence-corrected chi connectivity index (χ2v) is 13.6. The van der Waals surface area contributed by atoms with Crippen molar-refractivity contribution in [3.05, 3.63) is 29.3 Å². The molecule has 1 N–H and O–H groups in total. The number of carbonyl (C=O) groups is 2. The van der Waals surface area contributed by atoms with Gasteiger partial charge in [-0.3, -0.25) is 9.35 Å². The Morgan fingerprint density at radius 3 is 2.09 bits per heavy atom. The molecule has 44 heavy (non-hydrogen) atoms. The molecule has 0 aromatic heterocycles. The minimum Gasteiger partial charge on any atom is -0.446 e. The molecule has 1 aromatic carbocycles. The third kappa shape index (κ3) is 15.3. The lowest BCUT2D eigenvalue weighted by molar-refractivity contribution is -0.127. The zero-order chi connectivity index (χ0) is 32.2. The standard InChI is InChI=1S/C34H57NO8S/c1-4-5-6-7-8-9-10-11-12-13-14-15-16-17-23-41-25-30-24-31(42-26-30)27-43-34(37)35(29(3)36)22-21-32-28(2)19-18-20-33(32)44(38,39)40/h18-20,30-31H,4-17,21-27H2,1-3H3,(H,38,39,40)/t30-,31-/m1/s1. The Labute approximate surface area is 266 Å². The van der Waals surface area contributed by atoms with Crippen LogP contribution in [0.1, 0.15) is 121 Å². The van der Waals surface area contributed by atoms with Gasteiger partial charge in [0.05, 0.1) is 24.2 Å². The molecule has 1 aliphatic heterocycles. The number of amides is 2. The number of nitrogens with zero attached hydrogens (tertiary/aromatic N) is 1. The molecule has 2 amide bonds. The molecule has 0 aliphatic carbocycles. The van der Waals surface area contributed by atoms with Crippen LogP contribution in [0.25, 0.3) is 0 Å². The minimum atomic E-state index is -4.44. The van der Waals surface area contributed by atoms with Crippen LogP contribution < -0.4 is 0 Å². The highest BCUT2D eigenvalue weighted by molar-refractivity contribution is 7.85. The monoisotopic (exact) mass is 639 g/mol. The number of hydrogen-bond donors (Lipinski definition) is 1. The van der Waals surface area contributed by atoms with Crippen LogP contribution in [0.5, 0.6) is 0 Å². The first-order valence-electron chi connectivity index (χ1n) is 16.8. The summed E-state index contributed by atoms with van der Waals surface area (Å²) in [6.07, 6.45) is 18.4. The molecule has 2 rings (SSSR count). The van der Waals surface area contributed by atoms with Gasteiger partial charge in [-0.1, -0.05) is 103 Å². The van der Waals surface area contributed by atoms with E-state index in [1.807, 2.05) is 0 Å². The largest absolute Gasteiger partial charge is 0.446 e. The van der Waals surface area contributed by atoms with E-state index >= 15 is 0 Å². The van der Waals surface area contributed by atoms with Gasteiger partial charge in [-0.15, -0.1) is 0 Å². The Bertz CT molecular complexity index is 1080. The molecule has 0 bridgehead atoms. The zero-order valence-electron chi connectivity index (χ0n) is 27.4. The van der Waals surface area contributed by atoms with E-state index in [2.05, 4.69) is 6.92 Å². The van der Waals surface area contributed by atoms with Crippen molar-refractivity contribution in [3.63, 3.8) is 0 Å². The van der Waals surface area contributed by atoms with Crippen molar-refractivity contribution < 1.29 is 36.8 Å². The van der Waals surface area contributed by atoms with Gasteiger partial charge < -0.3 is 14.2 Å². The molecule has 0 unspecified atom stereocenters. The number of rotatable bonds is 23. The molecule has 10 heteroatoms. The third-order valence-corrected chi connectivity index (χ3v) is 9.32. The number of benzene rings is 1. The van der Waals surface area contributed by atoms with Crippen molar-refractivity contribution in [3.8, 4) is 0 Å². The summed E-state index contributed by atoms with van der Waals surface area (Å²) in [7, 11) is -4.44. The fraction of sp³-hybridized carbons (Fsp3) is 0.765. The van der Waals surface area contributed by atoms with Crippen LogP contribution in [0.2, 0.25) is 0 Å². The highest BCUT2D eigenvalue weighted by Gasteiger charge is 2.29. The van der Waals surface area contributed by atoms with E-state index in [0.717, 1.165) is 17.9 Å². The van der Waals surface area contributed by atoms with E-state index in [1.165, 1.54) is 103 Å². The summed E-state index contributed by atoms with van der Waals surface area (Å²) in [6, 6.07) is 4.53. The minimum absolute atomic E-state index is 0.0265. The Hall–Kier alpha value is -2.01. The Morgan fingerprint density at radius 2 is 1.52 bits per heavy atom. The van der Waals surface area contributed by atoms with Gasteiger partial charge in [0.1, 0.15) is 6.61 Å². The maximum atomic E-state index is 12.7. The number of carbonyl (C=O) groups excluding carboxylic acids is 2. The second-order valence-electron chi connectivity index (χ2n) is 12.3. The molecule has 9 nitrogen and oxygen atoms in total. The normalized spacial score (nSPS) is 16.7. The molecular weight excluding hydrogens is 582 g/mol. The summed E-state index contributed by atoms with van der Waals surface area (Å²) in [6.45, 7) is 7.08. The maximum Gasteiger partial charge on any atom is 0.416 e. The zero-order valence-corrected chi connectivity index (χ0v) is 28.2. The summed E-state index contributed by atoms with van der Waals surface area (Å²) in [5, 5.41) is 0. The number of imide groups is 1. The second kappa shape index (κ2) is 21.7. The summed E-state index contributed by atoms with van der Waals surface area (Å²) < 4.78 is 50.1. The van der Waals surface area contributed by atoms with E-state index in [-0.39, 0.29) is 36.5 Å². The summed E-state index contributed by atoms with van der Waals surface area (Å²) in [5.41, 5.74) is 0.985. The topological polar surface area (TPSA) is 119 Å². The van der Waals surface area contributed by atoms with Gasteiger partial charge in [-0.05, 0) is 43.4 Å². The molecular formula is C34H57NO8S. The first kappa shape index (κ1) is 38.2. The molecule has 1 aliphatic rings. The van der Waals surface area contributed by atoms with Crippen LogP contribution in [0.4, 0.5) is 4.79 Å². The summed E-state index contributed by atoms with van der Waals surface area (Å²) in [4.78, 5) is 25.5. The quantitative estimate of drug-likeness (QED) is 0.0957. The van der Waals surface area contributed by atoms with Gasteiger partial charge in [0.25, 0.3) is 10.1 Å². The van der Waals surface area contributed by atoms with Crippen molar-refractivity contribution >= 4 is 22.1 Å². The van der Waals surface area contributed by atoms with Gasteiger partial charge in [0.2, 0.25) is 5.91 Å².